The van der Waals surface area contributed by atoms with Crippen LogP contribution in [0.4, 0.5) is 0 Å². The summed E-state index contributed by atoms with van der Waals surface area (Å²) in [6, 6.07) is 7.62. The zero-order valence-electron chi connectivity index (χ0n) is 10.4. The molecule has 1 heterocycles. The molecule has 0 aliphatic carbocycles. The fourth-order valence-electron chi connectivity index (χ4n) is 1.70. The second-order valence-electron chi connectivity index (χ2n) is 3.93. The fourth-order valence-corrected chi connectivity index (χ4v) is 2.15. The van der Waals surface area contributed by atoms with Crippen LogP contribution in [0.5, 0.6) is 0 Å². The Morgan fingerprint density at radius 3 is 2.95 bits per heavy atom. The molecule has 0 saturated heterocycles. The van der Waals surface area contributed by atoms with Gasteiger partial charge in [-0.25, -0.2) is 9.48 Å². The Morgan fingerprint density at radius 1 is 1.47 bits per heavy atom. The Balaban J connectivity index is 2.23. The zero-order valence-corrected chi connectivity index (χ0v) is 11.9. The molecule has 0 saturated carbocycles. The smallest absolute Gasteiger partial charge is 0.345 e. The van der Waals surface area contributed by atoms with Gasteiger partial charge in [0.25, 0.3) is 5.56 Å². The molecule has 5 nitrogen and oxygen atoms in total. The van der Waals surface area contributed by atoms with Gasteiger partial charge in [-0.3, -0.25) is 4.79 Å². The van der Waals surface area contributed by atoms with Crippen LogP contribution in [0.15, 0.2) is 39.7 Å². The van der Waals surface area contributed by atoms with Gasteiger partial charge >= 0.3 is 5.97 Å². The third kappa shape index (κ3) is 3.14. The van der Waals surface area contributed by atoms with Crippen molar-refractivity contribution >= 4 is 21.9 Å². The largest absolute Gasteiger partial charge is 0.462 e. The van der Waals surface area contributed by atoms with Crippen molar-refractivity contribution in [3.8, 4) is 0 Å². The number of rotatable bonds is 4. The molecule has 1 N–H and O–H groups in total. The summed E-state index contributed by atoms with van der Waals surface area (Å²) >= 11 is 3.37. The predicted molar refractivity (Wildman–Crippen MR) is 74.3 cm³/mol. The van der Waals surface area contributed by atoms with E-state index in [1.807, 2.05) is 24.3 Å². The van der Waals surface area contributed by atoms with Crippen LogP contribution in [0, 0.1) is 0 Å². The third-order valence-corrected chi connectivity index (χ3v) is 3.06. The molecule has 0 fully saturated rings. The van der Waals surface area contributed by atoms with Crippen molar-refractivity contribution < 1.29 is 9.53 Å². The van der Waals surface area contributed by atoms with Crippen LogP contribution >= 0.6 is 15.9 Å². The van der Waals surface area contributed by atoms with Gasteiger partial charge in [-0.2, -0.15) is 0 Å². The summed E-state index contributed by atoms with van der Waals surface area (Å²) in [6.45, 7) is 2.32. The number of hydrogen-bond acceptors (Lipinski definition) is 3. The van der Waals surface area contributed by atoms with Crippen LogP contribution in [0.2, 0.25) is 0 Å². The Bertz CT molecular complexity index is 645. The Hall–Kier alpha value is -1.82. The lowest BCUT2D eigenvalue weighted by Crippen LogP contribution is -2.23. The van der Waals surface area contributed by atoms with Gasteiger partial charge in [0.05, 0.1) is 13.2 Å². The van der Waals surface area contributed by atoms with Gasteiger partial charge in [0.15, 0.2) is 0 Å². The molecule has 0 aliphatic heterocycles. The third-order valence-electron chi connectivity index (χ3n) is 2.57. The van der Waals surface area contributed by atoms with E-state index in [4.69, 9.17) is 4.74 Å². The molecule has 0 radical (unpaired) electrons. The van der Waals surface area contributed by atoms with E-state index in [2.05, 4.69) is 21.0 Å². The fraction of sp³-hybridized carbons (Fsp3) is 0.231. The van der Waals surface area contributed by atoms with Crippen molar-refractivity contribution in [3.63, 3.8) is 0 Å². The molecule has 0 amide bonds. The van der Waals surface area contributed by atoms with Crippen LogP contribution < -0.4 is 5.56 Å². The highest BCUT2D eigenvalue weighted by Crippen LogP contribution is 2.12. The quantitative estimate of drug-likeness (QED) is 0.876. The van der Waals surface area contributed by atoms with E-state index in [1.54, 1.807) is 6.92 Å². The number of nitrogens with one attached hydrogen (secondary N) is 1. The Labute approximate surface area is 118 Å². The van der Waals surface area contributed by atoms with E-state index < -0.39 is 5.97 Å². The summed E-state index contributed by atoms with van der Waals surface area (Å²) in [7, 11) is 0. The SMILES string of the molecule is CCOC(=O)c1c[nH]n(Cc2cccc(Br)c2)c1=O. The standard InChI is InChI=1S/C13H13BrN2O3/c1-2-19-13(18)11-7-15-16(12(11)17)8-9-4-3-5-10(14)6-9/h3-7,15H,2,8H2,1H3. The van der Waals surface area contributed by atoms with Gasteiger partial charge in [-0.15, -0.1) is 0 Å². The first-order chi connectivity index (χ1) is 9.11. The number of nitrogens with zero attached hydrogens (tertiary/aromatic N) is 1. The van der Waals surface area contributed by atoms with E-state index in [9.17, 15) is 9.59 Å². The monoisotopic (exact) mass is 324 g/mol. The Morgan fingerprint density at radius 2 is 2.26 bits per heavy atom. The molecule has 6 heteroatoms. The molecular weight excluding hydrogens is 312 g/mol. The van der Waals surface area contributed by atoms with E-state index >= 15 is 0 Å². The second kappa shape index (κ2) is 5.88. The first-order valence-corrected chi connectivity index (χ1v) is 6.61. The summed E-state index contributed by atoms with van der Waals surface area (Å²) in [4.78, 5) is 23.5. The van der Waals surface area contributed by atoms with Crippen molar-refractivity contribution in [2.24, 2.45) is 0 Å². The molecule has 1 aromatic heterocycles. The van der Waals surface area contributed by atoms with Crippen LogP contribution in [-0.4, -0.2) is 22.4 Å². The number of hydrogen-bond donors (Lipinski definition) is 1. The molecular formula is C13H13BrN2O3. The van der Waals surface area contributed by atoms with Crippen molar-refractivity contribution in [2.45, 2.75) is 13.5 Å². The minimum Gasteiger partial charge on any atom is -0.462 e. The van der Waals surface area contributed by atoms with Crippen LogP contribution in [0.25, 0.3) is 0 Å². The molecule has 0 spiro atoms. The number of aromatic nitrogens is 2. The number of aromatic amines is 1. The first-order valence-electron chi connectivity index (χ1n) is 5.81. The first kappa shape index (κ1) is 13.6. The van der Waals surface area contributed by atoms with Gasteiger partial charge in [0.1, 0.15) is 5.56 Å². The number of carbonyl (C=O) groups is 1. The Kier molecular flexibility index (Phi) is 4.21. The highest BCUT2D eigenvalue weighted by atomic mass is 79.9. The average molecular weight is 325 g/mol. The number of H-pyrrole nitrogens is 1. The lowest BCUT2D eigenvalue weighted by molar-refractivity contribution is 0.0524. The second-order valence-corrected chi connectivity index (χ2v) is 4.84. The van der Waals surface area contributed by atoms with E-state index in [-0.39, 0.29) is 17.7 Å². The predicted octanol–water partition coefficient (Wildman–Crippen LogP) is 2.16. The minimum atomic E-state index is -0.600. The maximum Gasteiger partial charge on any atom is 0.345 e. The van der Waals surface area contributed by atoms with E-state index in [0.29, 0.717) is 6.54 Å². The van der Waals surface area contributed by atoms with Gasteiger partial charge in [-0.05, 0) is 24.6 Å². The van der Waals surface area contributed by atoms with E-state index in [1.165, 1.54) is 10.9 Å². The van der Waals surface area contributed by atoms with E-state index in [0.717, 1.165) is 10.0 Å². The topological polar surface area (TPSA) is 64.1 Å². The maximum absolute atomic E-state index is 12.0. The average Bonchev–Trinajstić information content (AvgIpc) is 2.71. The highest BCUT2D eigenvalue weighted by Gasteiger charge is 2.15. The van der Waals surface area contributed by atoms with Gasteiger partial charge < -0.3 is 9.84 Å². The summed E-state index contributed by atoms with van der Waals surface area (Å²) in [5, 5.41) is 2.77. The number of benzene rings is 1. The molecule has 0 bridgehead atoms. The van der Waals surface area contributed by atoms with Gasteiger partial charge in [0.2, 0.25) is 0 Å². The minimum absolute atomic E-state index is 0.0249. The van der Waals surface area contributed by atoms with Gasteiger partial charge in [0, 0.05) is 10.7 Å². The number of carbonyl (C=O) groups excluding carboxylic acids is 1. The zero-order chi connectivity index (χ0) is 13.8. The summed E-state index contributed by atoms with van der Waals surface area (Å²) in [6.07, 6.45) is 1.37. The molecule has 100 valence electrons. The molecule has 0 unspecified atom stereocenters. The van der Waals surface area contributed by atoms with Crippen molar-refractivity contribution in [1.82, 2.24) is 9.78 Å². The normalized spacial score (nSPS) is 10.4. The summed E-state index contributed by atoms with van der Waals surface area (Å²) < 4.78 is 7.12. The highest BCUT2D eigenvalue weighted by molar-refractivity contribution is 9.10. The lowest BCUT2D eigenvalue weighted by Gasteiger charge is -2.02. The van der Waals surface area contributed by atoms with Crippen LogP contribution in [0.3, 0.4) is 0 Å². The molecule has 2 aromatic rings. The molecule has 1 aromatic carbocycles. The molecule has 19 heavy (non-hydrogen) atoms. The van der Waals surface area contributed by atoms with Crippen molar-refractivity contribution in [2.75, 3.05) is 6.61 Å². The number of esters is 1. The summed E-state index contributed by atoms with van der Waals surface area (Å²) in [5.74, 6) is -0.600. The van der Waals surface area contributed by atoms with Gasteiger partial charge in [-0.1, -0.05) is 28.1 Å². The lowest BCUT2D eigenvalue weighted by atomic mass is 10.2. The van der Waals surface area contributed by atoms with Crippen LogP contribution in [0.1, 0.15) is 22.8 Å². The summed E-state index contributed by atoms with van der Waals surface area (Å²) in [5.41, 5.74) is 0.601. The van der Waals surface area contributed by atoms with Crippen molar-refractivity contribution in [3.05, 3.63) is 56.4 Å². The molecule has 2 rings (SSSR count). The molecule has 0 aliphatic rings. The maximum atomic E-state index is 12.0. The number of ether oxygens (including phenoxy) is 1. The van der Waals surface area contributed by atoms with Crippen molar-refractivity contribution in [1.29, 1.82) is 0 Å². The van der Waals surface area contributed by atoms with Crippen LogP contribution in [-0.2, 0) is 11.3 Å². The molecule has 0 atom stereocenters. The number of halogens is 1.